The quantitative estimate of drug-likeness (QED) is 0.860. The van der Waals surface area contributed by atoms with E-state index < -0.39 is 38.7 Å². The number of carboxylic acids is 1. The maximum Gasteiger partial charge on any atom is 0.416 e. The molecule has 0 saturated heterocycles. The van der Waals surface area contributed by atoms with Gasteiger partial charge in [-0.2, -0.15) is 17.9 Å². The highest BCUT2D eigenvalue weighted by Crippen LogP contribution is 2.30. The lowest BCUT2D eigenvalue weighted by atomic mass is 10.1. The predicted octanol–water partition coefficient (Wildman–Crippen LogP) is 2.81. The van der Waals surface area contributed by atoms with Crippen molar-refractivity contribution >= 4 is 16.0 Å². The van der Waals surface area contributed by atoms with Crippen LogP contribution in [0.1, 0.15) is 17.2 Å². The fraction of sp³-hybridized carbons (Fsp3) is 0.133. The molecule has 9 heteroatoms. The van der Waals surface area contributed by atoms with Gasteiger partial charge in [0.05, 0.1) is 10.5 Å². The van der Waals surface area contributed by atoms with Crippen LogP contribution in [0.25, 0.3) is 0 Å². The van der Waals surface area contributed by atoms with Crippen LogP contribution in [0, 0.1) is 0 Å². The number of hydrogen-bond donors (Lipinski definition) is 2. The molecule has 0 radical (unpaired) electrons. The van der Waals surface area contributed by atoms with Crippen LogP contribution < -0.4 is 4.72 Å². The highest BCUT2D eigenvalue weighted by Gasteiger charge is 2.33. The number of carbonyl (C=O) groups is 1. The Bertz CT molecular complexity index is 835. The molecule has 24 heavy (non-hydrogen) atoms. The van der Waals surface area contributed by atoms with E-state index in [9.17, 15) is 31.5 Å². The first-order chi connectivity index (χ1) is 11.1. The first kappa shape index (κ1) is 18.0. The minimum atomic E-state index is -4.71. The van der Waals surface area contributed by atoms with Gasteiger partial charge in [0.1, 0.15) is 6.04 Å². The van der Waals surface area contributed by atoms with E-state index >= 15 is 0 Å². The second-order valence-electron chi connectivity index (χ2n) is 4.83. The van der Waals surface area contributed by atoms with Crippen molar-refractivity contribution in [2.75, 3.05) is 0 Å². The van der Waals surface area contributed by atoms with Gasteiger partial charge in [-0.1, -0.05) is 36.4 Å². The average Bonchev–Trinajstić information content (AvgIpc) is 2.52. The molecule has 0 amide bonds. The zero-order chi connectivity index (χ0) is 18.0. The Morgan fingerprint density at radius 3 is 2.21 bits per heavy atom. The van der Waals surface area contributed by atoms with Gasteiger partial charge in [-0.15, -0.1) is 0 Å². The summed E-state index contributed by atoms with van der Waals surface area (Å²) in [5.41, 5.74) is -0.988. The van der Waals surface area contributed by atoms with Crippen LogP contribution in [-0.4, -0.2) is 19.5 Å². The van der Waals surface area contributed by atoms with Gasteiger partial charge in [-0.3, -0.25) is 4.79 Å². The average molecular weight is 359 g/mol. The van der Waals surface area contributed by atoms with E-state index in [1.165, 1.54) is 24.3 Å². The summed E-state index contributed by atoms with van der Waals surface area (Å²) < 4.78 is 64.5. The molecule has 128 valence electrons. The van der Waals surface area contributed by atoms with E-state index in [0.717, 1.165) is 18.2 Å². The molecule has 0 aliphatic heterocycles. The van der Waals surface area contributed by atoms with E-state index in [1.807, 2.05) is 4.72 Å². The molecule has 2 aromatic rings. The summed E-state index contributed by atoms with van der Waals surface area (Å²) in [6.07, 6.45) is -4.71. The molecule has 2 rings (SSSR count). The van der Waals surface area contributed by atoms with Crippen molar-refractivity contribution in [3.05, 3.63) is 65.7 Å². The van der Waals surface area contributed by atoms with E-state index in [2.05, 4.69) is 0 Å². The Hall–Kier alpha value is -2.39. The molecule has 2 N–H and O–H groups in total. The maximum atomic E-state index is 12.7. The Morgan fingerprint density at radius 1 is 1.04 bits per heavy atom. The molecule has 5 nitrogen and oxygen atoms in total. The zero-order valence-electron chi connectivity index (χ0n) is 12.0. The third-order valence-corrected chi connectivity index (χ3v) is 4.55. The number of nitrogens with one attached hydrogen (secondary N) is 1. The summed E-state index contributed by atoms with van der Waals surface area (Å²) in [7, 11) is -4.47. The molecule has 2 aromatic carbocycles. The molecule has 1 atom stereocenters. The highest BCUT2D eigenvalue weighted by molar-refractivity contribution is 7.89. The molecular weight excluding hydrogens is 347 g/mol. The number of carboxylic acid groups (broad SMARTS) is 1. The topological polar surface area (TPSA) is 83.5 Å². The third-order valence-electron chi connectivity index (χ3n) is 3.12. The largest absolute Gasteiger partial charge is 0.480 e. The number of hydrogen-bond acceptors (Lipinski definition) is 3. The third kappa shape index (κ3) is 4.12. The minimum Gasteiger partial charge on any atom is -0.480 e. The van der Waals surface area contributed by atoms with Crippen LogP contribution >= 0.6 is 0 Å². The Balaban J connectivity index is 2.38. The van der Waals surface area contributed by atoms with Gasteiger partial charge in [-0.25, -0.2) is 8.42 Å². The Morgan fingerprint density at radius 2 is 1.67 bits per heavy atom. The lowest BCUT2D eigenvalue weighted by Crippen LogP contribution is -2.33. The van der Waals surface area contributed by atoms with Gasteiger partial charge in [0, 0.05) is 0 Å². The number of alkyl halides is 3. The van der Waals surface area contributed by atoms with Crippen LogP contribution in [0.5, 0.6) is 0 Å². The maximum absolute atomic E-state index is 12.7. The molecule has 0 saturated carbocycles. The van der Waals surface area contributed by atoms with Crippen LogP contribution in [0.2, 0.25) is 0 Å². The van der Waals surface area contributed by atoms with Crippen molar-refractivity contribution in [2.45, 2.75) is 17.1 Å². The van der Waals surface area contributed by atoms with Gasteiger partial charge in [0.2, 0.25) is 10.0 Å². The standard InChI is InChI=1S/C15H12F3NO4S/c16-15(17,18)11-7-4-8-12(9-11)24(22,23)19-13(14(20)21)10-5-2-1-3-6-10/h1-9,13,19H,(H,20,21)/t13-/m0/s1. The molecule has 0 unspecified atom stereocenters. The molecular formula is C15H12F3NO4S. The van der Waals surface area contributed by atoms with Gasteiger partial charge in [0.25, 0.3) is 0 Å². The van der Waals surface area contributed by atoms with Crippen LogP contribution in [0.3, 0.4) is 0 Å². The van der Waals surface area contributed by atoms with E-state index in [-0.39, 0.29) is 5.56 Å². The fourth-order valence-corrected chi connectivity index (χ4v) is 3.19. The van der Waals surface area contributed by atoms with Crippen molar-refractivity contribution in [1.82, 2.24) is 4.72 Å². The summed E-state index contributed by atoms with van der Waals surface area (Å²) in [5.74, 6) is -1.48. The first-order valence-corrected chi connectivity index (χ1v) is 8.07. The SMILES string of the molecule is O=C(O)[C@@H](NS(=O)(=O)c1cccc(C(F)(F)F)c1)c1ccccc1. The van der Waals surface area contributed by atoms with Crippen molar-refractivity contribution in [2.24, 2.45) is 0 Å². The number of sulfonamides is 1. The normalized spacial score (nSPS) is 13.5. The van der Waals surface area contributed by atoms with Crippen molar-refractivity contribution in [3.63, 3.8) is 0 Å². The lowest BCUT2D eigenvalue weighted by Gasteiger charge is -2.16. The van der Waals surface area contributed by atoms with Gasteiger partial charge in [0.15, 0.2) is 0 Å². The summed E-state index contributed by atoms with van der Waals surface area (Å²) in [6, 6.07) is 8.90. The molecule has 0 spiro atoms. The summed E-state index contributed by atoms with van der Waals surface area (Å²) in [4.78, 5) is 10.7. The molecule has 0 bridgehead atoms. The van der Waals surface area contributed by atoms with Crippen LogP contribution in [-0.2, 0) is 21.0 Å². The molecule has 0 aromatic heterocycles. The molecule has 0 fully saturated rings. The number of aliphatic carboxylic acids is 1. The van der Waals surface area contributed by atoms with E-state index in [1.54, 1.807) is 6.07 Å². The van der Waals surface area contributed by atoms with Crippen LogP contribution in [0.4, 0.5) is 13.2 Å². The van der Waals surface area contributed by atoms with Crippen molar-refractivity contribution < 1.29 is 31.5 Å². The monoisotopic (exact) mass is 359 g/mol. The second-order valence-corrected chi connectivity index (χ2v) is 6.54. The predicted molar refractivity (Wildman–Crippen MR) is 78.6 cm³/mol. The molecule has 0 aliphatic carbocycles. The van der Waals surface area contributed by atoms with Crippen molar-refractivity contribution in [3.8, 4) is 0 Å². The van der Waals surface area contributed by atoms with E-state index in [4.69, 9.17) is 0 Å². The molecule has 0 aliphatic rings. The summed E-state index contributed by atoms with van der Waals surface area (Å²) in [6.45, 7) is 0. The lowest BCUT2D eigenvalue weighted by molar-refractivity contribution is -0.139. The summed E-state index contributed by atoms with van der Waals surface area (Å²) in [5, 5.41) is 9.21. The highest BCUT2D eigenvalue weighted by atomic mass is 32.2. The number of halogens is 3. The zero-order valence-corrected chi connectivity index (χ0v) is 12.8. The Kier molecular flexibility index (Phi) is 4.95. The first-order valence-electron chi connectivity index (χ1n) is 6.58. The fourth-order valence-electron chi connectivity index (χ4n) is 1.97. The smallest absolute Gasteiger partial charge is 0.416 e. The number of rotatable bonds is 5. The summed E-state index contributed by atoms with van der Waals surface area (Å²) >= 11 is 0. The molecule has 0 heterocycles. The van der Waals surface area contributed by atoms with Gasteiger partial charge >= 0.3 is 12.1 Å². The van der Waals surface area contributed by atoms with Crippen molar-refractivity contribution in [1.29, 1.82) is 0 Å². The Labute approximate surface area is 135 Å². The van der Waals surface area contributed by atoms with Crippen LogP contribution in [0.15, 0.2) is 59.5 Å². The van der Waals surface area contributed by atoms with E-state index in [0.29, 0.717) is 6.07 Å². The van der Waals surface area contributed by atoms with Gasteiger partial charge in [-0.05, 0) is 23.8 Å². The second kappa shape index (κ2) is 6.62. The number of benzene rings is 2. The van der Waals surface area contributed by atoms with Gasteiger partial charge < -0.3 is 5.11 Å². The minimum absolute atomic E-state index is 0.153.